The highest BCUT2D eigenvalue weighted by molar-refractivity contribution is 9.11. The molecular formula is C11H9BrO2S. The lowest BCUT2D eigenvalue weighted by Crippen LogP contribution is -1.92. The van der Waals surface area contributed by atoms with E-state index in [1.165, 1.54) is 0 Å². The molecule has 0 atom stereocenters. The summed E-state index contributed by atoms with van der Waals surface area (Å²) in [6.07, 6.45) is 0. The van der Waals surface area contributed by atoms with E-state index in [9.17, 15) is 0 Å². The van der Waals surface area contributed by atoms with Crippen molar-refractivity contribution in [1.82, 2.24) is 0 Å². The molecule has 0 fully saturated rings. The molecule has 1 aromatic carbocycles. The van der Waals surface area contributed by atoms with Crippen LogP contribution in [-0.4, -0.2) is 5.11 Å². The maximum absolute atomic E-state index is 9.09. The van der Waals surface area contributed by atoms with Crippen molar-refractivity contribution in [3.63, 3.8) is 0 Å². The number of benzene rings is 1. The van der Waals surface area contributed by atoms with Crippen LogP contribution in [-0.2, 0) is 6.61 Å². The third-order valence-corrected chi connectivity index (χ3v) is 3.42. The van der Waals surface area contributed by atoms with Gasteiger partial charge in [-0.2, -0.15) is 0 Å². The number of phenolic OH excluding ortho intramolecular Hbond substituents is 1. The van der Waals surface area contributed by atoms with Crippen LogP contribution in [0.15, 0.2) is 39.5 Å². The van der Waals surface area contributed by atoms with Crippen LogP contribution in [0, 0.1) is 0 Å². The van der Waals surface area contributed by atoms with Crippen molar-refractivity contribution < 1.29 is 9.84 Å². The number of aromatic hydroxyl groups is 1. The first-order chi connectivity index (χ1) is 7.24. The van der Waals surface area contributed by atoms with Crippen LogP contribution in [0.5, 0.6) is 11.5 Å². The Labute approximate surface area is 100 Å². The largest absolute Gasteiger partial charge is 0.508 e. The first-order valence-electron chi connectivity index (χ1n) is 4.39. The summed E-state index contributed by atoms with van der Waals surface area (Å²) >= 11 is 5.04. The lowest BCUT2D eigenvalue weighted by molar-refractivity contribution is 0.306. The Hall–Kier alpha value is -1.00. The SMILES string of the molecule is Oc1ccc(OCc2csc(Br)c2)cc1. The van der Waals surface area contributed by atoms with Crippen molar-refractivity contribution in [2.75, 3.05) is 0 Å². The molecule has 0 bridgehead atoms. The summed E-state index contributed by atoms with van der Waals surface area (Å²) in [4.78, 5) is 0. The molecule has 2 rings (SSSR count). The fourth-order valence-corrected chi connectivity index (χ4v) is 2.32. The van der Waals surface area contributed by atoms with Gasteiger partial charge in [-0.15, -0.1) is 11.3 Å². The average Bonchev–Trinajstić information content (AvgIpc) is 2.64. The second kappa shape index (κ2) is 4.68. The van der Waals surface area contributed by atoms with Gasteiger partial charge in [0.1, 0.15) is 18.1 Å². The van der Waals surface area contributed by atoms with Crippen molar-refractivity contribution >= 4 is 27.3 Å². The summed E-state index contributed by atoms with van der Waals surface area (Å²) in [5, 5.41) is 11.1. The van der Waals surface area contributed by atoms with E-state index >= 15 is 0 Å². The Morgan fingerprint density at radius 2 is 2.00 bits per heavy atom. The van der Waals surface area contributed by atoms with Crippen LogP contribution in [0.2, 0.25) is 0 Å². The summed E-state index contributed by atoms with van der Waals surface area (Å²) in [5.41, 5.74) is 1.14. The van der Waals surface area contributed by atoms with Gasteiger partial charge < -0.3 is 9.84 Å². The average molecular weight is 285 g/mol. The van der Waals surface area contributed by atoms with Gasteiger partial charge >= 0.3 is 0 Å². The van der Waals surface area contributed by atoms with Gasteiger partial charge in [0.05, 0.1) is 3.79 Å². The minimum Gasteiger partial charge on any atom is -0.508 e. The number of hydrogen-bond donors (Lipinski definition) is 1. The van der Waals surface area contributed by atoms with E-state index in [0.717, 1.165) is 15.1 Å². The second-order valence-corrected chi connectivity index (χ2v) is 5.33. The molecule has 0 aliphatic carbocycles. The molecule has 2 nitrogen and oxygen atoms in total. The van der Waals surface area contributed by atoms with Gasteiger partial charge in [0.2, 0.25) is 0 Å². The number of hydrogen-bond acceptors (Lipinski definition) is 3. The van der Waals surface area contributed by atoms with Crippen molar-refractivity contribution in [1.29, 1.82) is 0 Å². The minimum atomic E-state index is 0.251. The highest BCUT2D eigenvalue weighted by Crippen LogP contribution is 2.22. The van der Waals surface area contributed by atoms with Crippen LogP contribution in [0.1, 0.15) is 5.56 Å². The Balaban J connectivity index is 1.96. The fraction of sp³-hybridized carbons (Fsp3) is 0.0909. The Bertz CT molecular complexity index is 436. The third-order valence-electron chi connectivity index (χ3n) is 1.86. The van der Waals surface area contributed by atoms with Gasteiger partial charge in [0.25, 0.3) is 0 Å². The zero-order valence-corrected chi connectivity index (χ0v) is 10.2. The van der Waals surface area contributed by atoms with E-state index in [1.54, 1.807) is 35.6 Å². The summed E-state index contributed by atoms with van der Waals surface area (Å²) in [6.45, 7) is 0.548. The quantitative estimate of drug-likeness (QED) is 0.929. The first kappa shape index (κ1) is 10.5. The predicted molar refractivity (Wildman–Crippen MR) is 64.5 cm³/mol. The van der Waals surface area contributed by atoms with E-state index in [1.807, 2.05) is 11.4 Å². The molecule has 0 spiro atoms. The molecule has 0 unspecified atom stereocenters. The van der Waals surface area contributed by atoms with E-state index in [-0.39, 0.29) is 5.75 Å². The zero-order chi connectivity index (χ0) is 10.7. The maximum atomic E-state index is 9.09. The lowest BCUT2D eigenvalue weighted by Gasteiger charge is -2.04. The van der Waals surface area contributed by atoms with Gasteiger partial charge in [0.15, 0.2) is 0 Å². The highest BCUT2D eigenvalue weighted by atomic mass is 79.9. The van der Waals surface area contributed by atoms with Gasteiger partial charge in [-0.05, 0) is 51.6 Å². The summed E-state index contributed by atoms with van der Waals surface area (Å²) in [7, 11) is 0. The smallest absolute Gasteiger partial charge is 0.120 e. The molecule has 0 amide bonds. The number of halogens is 1. The van der Waals surface area contributed by atoms with Crippen LogP contribution >= 0.6 is 27.3 Å². The topological polar surface area (TPSA) is 29.5 Å². The number of thiophene rings is 1. The fourth-order valence-electron chi connectivity index (χ4n) is 1.13. The highest BCUT2D eigenvalue weighted by Gasteiger charge is 1.98. The molecule has 2 aromatic rings. The van der Waals surface area contributed by atoms with Crippen LogP contribution in [0.25, 0.3) is 0 Å². The monoisotopic (exact) mass is 284 g/mol. The number of rotatable bonds is 3. The van der Waals surface area contributed by atoms with E-state index < -0.39 is 0 Å². The molecule has 1 N–H and O–H groups in total. The zero-order valence-electron chi connectivity index (χ0n) is 7.81. The molecule has 78 valence electrons. The molecule has 0 saturated carbocycles. The summed E-state index contributed by atoms with van der Waals surface area (Å²) in [5.74, 6) is 1.01. The Morgan fingerprint density at radius 1 is 1.27 bits per heavy atom. The molecule has 0 aliphatic heterocycles. The van der Waals surface area contributed by atoms with Crippen LogP contribution < -0.4 is 4.74 Å². The molecule has 1 heterocycles. The van der Waals surface area contributed by atoms with Crippen molar-refractivity contribution in [2.24, 2.45) is 0 Å². The van der Waals surface area contributed by atoms with Crippen LogP contribution in [0.3, 0.4) is 0 Å². The second-order valence-electron chi connectivity index (χ2n) is 3.04. The summed E-state index contributed by atoms with van der Waals surface area (Å²) < 4.78 is 6.64. The molecule has 15 heavy (non-hydrogen) atoms. The molecular weight excluding hydrogens is 276 g/mol. The van der Waals surface area contributed by atoms with Crippen molar-refractivity contribution in [3.8, 4) is 11.5 Å². The standard InChI is InChI=1S/C11H9BrO2S/c12-11-5-8(7-15-11)6-14-10-3-1-9(13)2-4-10/h1-5,7,13H,6H2. The molecule has 0 saturated heterocycles. The minimum absolute atomic E-state index is 0.251. The normalized spacial score (nSPS) is 10.2. The third kappa shape index (κ3) is 2.97. The van der Waals surface area contributed by atoms with Gasteiger partial charge in [-0.3, -0.25) is 0 Å². The molecule has 0 radical (unpaired) electrons. The predicted octanol–water partition coefficient (Wildman–Crippen LogP) is 3.80. The lowest BCUT2D eigenvalue weighted by atomic mass is 10.3. The number of ether oxygens (including phenoxy) is 1. The molecule has 1 aromatic heterocycles. The number of phenols is 1. The van der Waals surface area contributed by atoms with Gasteiger partial charge in [-0.1, -0.05) is 0 Å². The Kier molecular flexibility index (Phi) is 3.28. The van der Waals surface area contributed by atoms with Crippen LogP contribution in [0.4, 0.5) is 0 Å². The van der Waals surface area contributed by atoms with Crippen molar-refractivity contribution in [2.45, 2.75) is 6.61 Å². The summed E-state index contributed by atoms with van der Waals surface area (Å²) in [6, 6.07) is 8.75. The van der Waals surface area contributed by atoms with E-state index in [0.29, 0.717) is 6.61 Å². The van der Waals surface area contributed by atoms with E-state index in [4.69, 9.17) is 9.84 Å². The van der Waals surface area contributed by atoms with Gasteiger partial charge in [0, 0.05) is 5.56 Å². The van der Waals surface area contributed by atoms with E-state index in [2.05, 4.69) is 15.9 Å². The first-order valence-corrected chi connectivity index (χ1v) is 6.06. The molecule has 4 heteroatoms. The Morgan fingerprint density at radius 3 is 2.60 bits per heavy atom. The van der Waals surface area contributed by atoms with Gasteiger partial charge in [-0.25, -0.2) is 0 Å². The van der Waals surface area contributed by atoms with Crippen molar-refractivity contribution in [3.05, 3.63) is 45.1 Å². The maximum Gasteiger partial charge on any atom is 0.120 e. The molecule has 0 aliphatic rings.